The van der Waals surface area contributed by atoms with Crippen LogP contribution >= 0.6 is 0 Å². The number of hydrogen-bond donors (Lipinski definition) is 1. The molecule has 8 heteroatoms. The summed E-state index contributed by atoms with van der Waals surface area (Å²) < 4.78 is 6.73. The molecule has 4 aliphatic rings. The summed E-state index contributed by atoms with van der Waals surface area (Å²) in [6.45, 7) is 12.0. The predicted molar refractivity (Wildman–Crippen MR) is 152 cm³/mol. The Labute approximate surface area is 237 Å². The van der Waals surface area contributed by atoms with E-state index in [0.29, 0.717) is 26.1 Å². The van der Waals surface area contributed by atoms with Gasteiger partial charge in [0.1, 0.15) is 11.6 Å². The SMILES string of the molecule is CC(C)(C)CC(C)(C)N1CC=C[C@]23O[C@@H]4C=CCN(Cc5ccccc5)C(=O)[C@@H]4[C@H]2C(=O)N(CCCO)C3C1=O. The number of aliphatic hydroxyl groups excluding tert-OH is 1. The molecule has 2 fully saturated rings. The Morgan fingerprint density at radius 2 is 1.70 bits per heavy atom. The van der Waals surface area contributed by atoms with Crippen molar-refractivity contribution in [2.75, 3.05) is 26.2 Å². The van der Waals surface area contributed by atoms with Gasteiger partial charge in [-0.15, -0.1) is 0 Å². The van der Waals surface area contributed by atoms with E-state index in [-0.39, 0.29) is 36.3 Å². The molecule has 0 aromatic heterocycles. The lowest BCUT2D eigenvalue weighted by Gasteiger charge is -2.44. The fraction of sp³-hybridized carbons (Fsp3) is 0.594. The zero-order valence-electron chi connectivity index (χ0n) is 24.4. The van der Waals surface area contributed by atoms with E-state index >= 15 is 0 Å². The van der Waals surface area contributed by atoms with Gasteiger partial charge in [-0.25, -0.2) is 0 Å². The molecule has 0 bridgehead atoms. The Bertz CT molecular complexity index is 1200. The van der Waals surface area contributed by atoms with Crippen LogP contribution in [0.15, 0.2) is 54.6 Å². The molecule has 1 N–H and O–H groups in total. The molecule has 216 valence electrons. The summed E-state index contributed by atoms with van der Waals surface area (Å²) in [5.41, 5.74) is -0.724. The van der Waals surface area contributed by atoms with E-state index in [1.807, 2.05) is 59.5 Å². The minimum Gasteiger partial charge on any atom is -0.396 e. The van der Waals surface area contributed by atoms with Gasteiger partial charge in [-0.05, 0) is 37.7 Å². The molecule has 5 rings (SSSR count). The Morgan fingerprint density at radius 1 is 0.975 bits per heavy atom. The van der Waals surface area contributed by atoms with Gasteiger partial charge in [0.05, 0.1) is 17.9 Å². The van der Waals surface area contributed by atoms with Crippen LogP contribution in [-0.4, -0.2) is 87.1 Å². The molecule has 1 aromatic carbocycles. The van der Waals surface area contributed by atoms with Crippen molar-refractivity contribution >= 4 is 17.7 Å². The smallest absolute Gasteiger partial charge is 0.249 e. The van der Waals surface area contributed by atoms with Gasteiger partial charge in [0.25, 0.3) is 0 Å². The monoisotopic (exact) mass is 549 g/mol. The van der Waals surface area contributed by atoms with Crippen molar-refractivity contribution in [3.05, 3.63) is 60.2 Å². The van der Waals surface area contributed by atoms with Crippen molar-refractivity contribution in [3.8, 4) is 0 Å². The van der Waals surface area contributed by atoms with E-state index in [2.05, 4.69) is 34.6 Å². The first-order valence-electron chi connectivity index (χ1n) is 14.5. The Kier molecular flexibility index (Phi) is 7.46. The quantitative estimate of drug-likeness (QED) is 0.528. The van der Waals surface area contributed by atoms with Gasteiger partial charge >= 0.3 is 0 Å². The zero-order chi connectivity index (χ0) is 28.9. The van der Waals surface area contributed by atoms with Crippen LogP contribution in [0, 0.1) is 17.3 Å². The van der Waals surface area contributed by atoms with Gasteiger partial charge in [0, 0.05) is 38.3 Å². The molecule has 2 saturated heterocycles. The molecule has 4 aliphatic heterocycles. The van der Waals surface area contributed by atoms with Crippen LogP contribution in [-0.2, 0) is 25.7 Å². The zero-order valence-corrected chi connectivity index (χ0v) is 24.4. The topological polar surface area (TPSA) is 90.4 Å². The number of hydrogen-bond acceptors (Lipinski definition) is 5. The molecule has 4 heterocycles. The summed E-state index contributed by atoms with van der Waals surface area (Å²) in [6, 6.07) is 8.91. The van der Waals surface area contributed by atoms with Crippen LogP contribution in [0.25, 0.3) is 0 Å². The van der Waals surface area contributed by atoms with E-state index in [1.54, 1.807) is 9.80 Å². The summed E-state index contributed by atoms with van der Waals surface area (Å²) in [5.74, 6) is -2.10. The highest BCUT2D eigenvalue weighted by atomic mass is 16.5. The number of aliphatic hydroxyl groups is 1. The molecule has 1 spiro atoms. The normalized spacial score (nSPS) is 30.4. The first-order valence-corrected chi connectivity index (χ1v) is 14.5. The van der Waals surface area contributed by atoms with Gasteiger partial charge in [-0.1, -0.05) is 75.4 Å². The summed E-state index contributed by atoms with van der Waals surface area (Å²) in [6.07, 6.45) is 8.18. The maximum Gasteiger partial charge on any atom is 0.249 e. The third kappa shape index (κ3) is 4.90. The number of amides is 3. The molecule has 1 aromatic rings. The lowest BCUT2D eigenvalue weighted by Crippen LogP contribution is -2.60. The largest absolute Gasteiger partial charge is 0.396 e. The van der Waals surface area contributed by atoms with E-state index < -0.39 is 35.1 Å². The van der Waals surface area contributed by atoms with Crippen LogP contribution in [0.2, 0.25) is 0 Å². The highest BCUT2D eigenvalue weighted by molar-refractivity contribution is 6.00. The number of nitrogens with zero attached hydrogens (tertiary/aromatic N) is 3. The lowest BCUT2D eigenvalue weighted by atomic mass is 9.77. The number of carbonyl (C=O) groups excluding carboxylic acids is 3. The fourth-order valence-corrected chi connectivity index (χ4v) is 7.55. The molecule has 5 atom stereocenters. The third-order valence-electron chi connectivity index (χ3n) is 8.71. The molecule has 0 saturated carbocycles. The molecule has 8 nitrogen and oxygen atoms in total. The van der Waals surface area contributed by atoms with Gasteiger partial charge in [-0.2, -0.15) is 0 Å². The summed E-state index contributed by atoms with van der Waals surface area (Å²) in [4.78, 5) is 48.1. The maximum absolute atomic E-state index is 14.5. The minimum absolute atomic E-state index is 0.0153. The van der Waals surface area contributed by atoms with Gasteiger partial charge in [-0.3, -0.25) is 14.4 Å². The van der Waals surface area contributed by atoms with E-state index in [4.69, 9.17) is 4.74 Å². The maximum atomic E-state index is 14.5. The van der Waals surface area contributed by atoms with E-state index in [9.17, 15) is 19.5 Å². The van der Waals surface area contributed by atoms with E-state index in [1.165, 1.54) is 0 Å². The molecule has 1 unspecified atom stereocenters. The van der Waals surface area contributed by atoms with Crippen molar-refractivity contribution in [1.82, 2.24) is 14.7 Å². The number of carbonyl (C=O) groups is 3. The molecule has 0 radical (unpaired) electrons. The highest BCUT2D eigenvalue weighted by Crippen LogP contribution is 2.54. The van der Waals surface area contributed by atoms with Crippen LogP contribution in [0.4, 0.5) is 0 Å². The van der Waals surface area contributed by atoms with Gasteiger partial charge in [0.2, 0.25) is 17.7 Å². The Morgan fingerprint density at radius 3 is 2.38 bits per heavy atom. The predicted octanol–water partition coefficient (Wildman–Crippen LogP) is 3.16. The van der Waals surface area contributed by atoms with Crippen molar-refractivity contribution in [1.29, 1.82) is 0 Å². The van der Waals surface area contributed by atoms with Crippen molar-refractivity contribution in [2.24, 2.45) is 17.3 Å². The summed E-state index contributed by atoms with van der Waals surface area (Å²) >= 11 is 0. The molecule has 40 heavy (non-hydrogen) atoms. The second-order valence-electron chi connectivity index (χ2n) is 13.5. The molecule has 0 aliphatic carbocycles. The summed E-state index contributed by atoms with van der Waals surface area (Å²) in [5, 5.41) is 9.63. The summed E-state index contributed by atoms with van der Waals surface area (Å²) in [7, 11) is 0. The number of benzene rings is 1. The van der Waals surface area contributed by atoms with Crippen LogP contribution in [0.5, 0.6) is 0 Å². The average Bonchev–Trinajstić information content (AvgIpc) is 3.18. The number of ether oxygens (including phenoxy) is 1. The van der Waals surface area contributed by atoms with Crippen LogP contribution in [0.3, 0.4) is 0 Å². The Balaban J connectivity index is 1.53. The van der Waals surface area contributed by atoms with Crippen molar-refractivity contribution in [3.63, 3.8) is 0 Å². The lowest BCUT2D eigenvalue weighted by molar-refractivity contribution is -0.152. The van der Waals surface area contributed by atoms with Crippen molar-refractivity contribution < 1.29 is 24.2 Å². The standard InChI is InChI=1S/C32H43N3O5/c1-30(2,3)21-31(4,5)35-18-10-15-32-25(28(38)34(17-11-19-36)26(32)29(35)39)24-23(40-32)14-9-16-33(27(24)37)20-22-12-7-6-8-13-22/h6-10,12-15,23-26,36H,11,16-21H2,1-5H3/t23-,24+,25+,26?,32+/m1/s1. The van der Waals surface area contributed by atoms with Crippen LogP contribution < -0.4 is 0 Å². The van der Waals surface area contributed by atoms with E-state index in [0.717, 1.165) is 12.0 Å². The fourth-order valence-electron chi connectivity index (χ4n) is 7.55. The molecular formula is C32H43N3O5. The first kappa shape index (κ1) is 28.6. The highest BCUT2D eigenvalue weighted by Gasteiger charge is 2.72. The second kappa shape index (κ2) is 10.5. The number of fused-ring (bicyclic) bond motifs is 2. The van der Waals surface area contributed by atoms with Gasteiger partial charge < -0.3 is 24.5 Å². The van der Waals surface area contributed by atoms with Crippen molar-refractivity contribution in [2.45, 2.75) is 77.3 Å². The Hall–Kier alpha value is -2.97. The number of rotatable bonds is 7. The second-order valence-corrected chi connectivity index (χ2v) is 13.5. The molecule has 3 amide bonds. The minimum atomic E-state index is -1.25. The average molecular weight is 550 g/mol. The van der Waals surface area contributed by atoms with Crippen LogP contribution in [0.1, 0.15) is 53.0 Å². The third-order valence-corrected chi connectivity index (χ3v) is 8.71. The van der Waals surface area contributed by atoms with Gasteiger partial charge in [0.15, 0.2) is 0 Å². The first-order chi connectivity index (χ1) is 18.9. The number of likely N-dealkylation sites (tertiary alicyclic amines) is 1. The molecular weight excluding hydrogens is 506 g/mol.